The van der Waals surface area contributed by atoms with Crippen LogP contribution in [0.5, 0.6) is 0 Å². The first kappa shape index (κ1) is 17.6. The van der Waals surface area contributed by atoms with Crippen LogP contribution in [0.3, 0.4) is 0 Å². The number of nitrogens with zero attached hydrogens (tertiary/aromatic N) is 4. The van der Waals surface area contributed by atoms with Crippen LogP contribution in [0.25, 0.3) is 10.6 Å². The number of amides is 1. The number of hydrogen-bond acceptors (Lipinski definition) is 5. The third-order valence-electron chi connectivity index (χ3n) is 6.12. The molecule has 0 saturated carbocycles. The lowest BCUT2D eigenvalue weighted by molar-refractivity contribution is -0.00378. The highest BCUT2D eigenvalue weighted by atomic mass is 32.1. The highest BCUT2D eigenvalue weighted by molar-refractivity contribution is 7.13. The fourth-order valence-electron chi connectivity index (χ4n) is 4.78. The van der Waals surface area contributed by atoms with E-state index in [0.29, 0.717) is 11.6 Å². The summed E-state index contributed by atoms with van der Waals surface area (Å²) in [4.78, 5) is 27.9. The fourth-order valence-corrected chi connectivity index (χ4v) is 5.41. The summed E-state index contributed by atoms with van der Waals surface area (Å²) >= 11 is 1.53. The van der Waals surface area contributed by atoms with Crippen LogP contribution in [0.2, 0.25) is 0 Å². The van der Waals surface area contributed by atoms with Gasteiger partial charge in [-0.15, -0.1) is 11.3 Å². The number of thiazole rings is 1. The summed E-state index contributed by atoms with van der Waals surface area (Å²) in [5, 5.41) is 0. The molecule has 4 rings (SSSR count). The molecule has 0 spiro atoms. The molecule has 138 valence electrons. The van der Waals surface area contributed by atoms with E-state index in [1.807, 2.05) is 12.1 Å². The molecule has 0 bridgehead atoms. The van der Waals surface area contributed by atoms with Crippen LogP contribution >= 0.6 is 11.3 Å². The molecule has 5 nitrogen and oxygen atoms in total. The number of likely N-dealkylation sites (tertiary alicyclic amines) is 2. The smallest absolute Gasteiger partial charge is 0.256 e. The van der Waals surface area contributed by atoms with Gasteiger partial charge < -0.3 is 9.80 Å². The standard InChI is InChI=1S/C20H26N4OS/c1-20-9-6-11-23(2)17(20)8-3-4-12-24(20)19(25)15-7-5-10-22-18(15)16-13-21-14-26-16/h5,7,10,13-14,17H,3-4,6,8-9,11-12H2,1-2H3/t17-,20-/m0/s1. The normalized spacial score (nSPS) is 27.0. The molecule has 2 aromatic rings. The van der Waals surface area contributed by atoms with E-state index in [-0.39, 0.29) is 11.4 Å². The zero-order valence-electron chi connectivity index (χ0n) is 15.5. The maximum Gasteiger partial charge on any atom is 0.256 e. The topological polar surface area (TPSA) is 49.3 Å². The van der Waals surface area contributed by atoms with Crippen molar-refractivity contribution in [3.05, 3.63) is 35.6 Å². The Morgan fingerprint density at radius 1 is 1.31 bits per heavy atom. The van der Waals surface area contributed by atoms with Crippen molar-refractivity contribution in [3.63, 3.8) is 0 Å². The number of hydrogen-bond donors (Lipinski definition) is 0. The predicted molar refractivity (Wildman–Crippen MR) is 104 cm³/mol. The first-order chi connectivity index (χ1) is 12.6. The number of fused-ring (bicyclic) bond motifs is 1. The fraction of sp³-hybridized carbons (Fsp3) is 0.550. The van der Waals surface area contributed by atoms with Crippen LogP contribution in [0.1, 0.15) is 49.4 Å². The van der Waals surface area contributed by atoms with Crippen LogP contribution in [0.15, 0.2) is 30.0 Å². The molecule has 2 fully saturated rings. The van der Waals surface area contributed by atoms with Gasteiger partial charge in [0, 0.05) is 25.0 Å². The van der Waals surface area contributed by atoms with Gasteiger partial charge in [0.05, 0.1) is 27.2 Å². The highest BCUT2D eigenvalue weighted by Gasteiger charge is 2.47. The van der Waals surface area contributed by atoms with Crippen molar-refractivity contribution in [2.75, 3.05) is 20.1 Å². The zero-order chi connectivity index (χ0) is 18.1. The van der Waals surface area contributed by atoms with E-state index in [1.54, 1.807) is 17.9 Å². The molecule has 2 aliphatic heterocycles. The van der Waals surface area contributed by atoms with Crippen LogP contribution in [0, 0.1) is 0 Å². The van der Waals surface area contributed by atoms with E-state index in [4.69, 9.17) is 0 Å². The van der Waals surface area contributed by atoms with Crippen molar-refractivity contribution in [2.24, 2.45) is 0 Å². The third kappa shape index (κ3) is 2.95. The summed E-state index contributed by atoms with van der Waals surface area (Å²) in [6.45, 7) is 4.25. The van der Waals surface area contributed by atoms with Gasteiger partial charge in [0.15, 0.2) is 0 Å². The molecule has 2 atom stereocenters. The number of piperidine rings is 1. The van der Waals surface area contributed by atoms with E-state index in [2.05, 4.69) is 33.7 Å². The van der Waals surface area contributed by atoms with Crippen molar-refractivity contribution in [2.45, 2.75) is 50.6 Å². The molecule has 2 aliphatic rings. The molecule has 1 amide bonds. The van der Waals surface area contributed by atoms with Gasteiger partial charge in [-0.2, -0.15) is 0 Å². The van der Waals surface area contributed by atoms with E-state index >= 15 is 0 Å². The van der Waals surface area contributed by atoms with Crippen molar-refractivity contribution in [1.82, 2.24) is 19.8 Å². The van der Waals surface area contributed by atoms with E-state index in [9.17, 15) is 4.79 Å². The number of carbonyl (C=O) groups excluding carboxylic acids is 1. The molecule has 2 aromatic heterocycles. The first-order valence-electron chi connectivity index (χ1n) is 9.47. The quantitative estimate of drug-likeness (QED) is 0.809. The van der Waals surface area contributed by atoms with Crippen molar-refractivity contribution < 1.29 is 4.79 Å². The average molecular weight is 371 g/mol. The second kappa shape index (κ2) is 7.08. The van der Waals surface area contributed by atoms with Crippen LogP contribution in [0.4, 0.5) is 0 Å². The Labute approximate surface area is 159 Å². The van der Waals surface area contributed by atoms with Crippen LogP contribution in [-0.4, -0.2) is 57.4 Å². The molecular formula is C20H26N4OS. The molecule has 6 heteroatoms. The van der Waals surface area contributed by atoms with Crippen LogP contribution < -0.4 is 0 Å². The average Bonchev–Trinajstić information content (AvgIpc) is 3.11. The second-order valence-electron chi connectivity index (χ2n) is 7.67. The lowest BCUT2D eigenvalue weighted by Crippen LogP contribution is -2.63. The number of carbonyl (C=O) groups is 1. The summed E-state index contributed by atoms with van der Waals surface area (Å²) in [6, 6.07) is 4.22. The monoisotopic (exact) mass is 370 g/mol. The summed E-state index contributed by atoms with van der Waals surface area (Å²) < 4.78 is 0. The summed E-state index contributed by atoms with van der Waals surface area (Å²) in [7, 11) is 2.21. The van der Waals surface area contributed by atoms with Gasteiger partial charge in [0.25, 0.3) is 5.91 Å². The molecule has 0 radical (unpaired) electrons. The van der Waals surface area contributed by atoms with Gasteiger partial charge in [-0.25, -0.2) is 0 Å². The second-order valence-corrected chi connectivity index (χ2v) is 8.56. The molecule has 0 unspecified atom stereocenters. The predicted octanol–water partition coefficient (Wildman–Crippen LogP) is 3.68. The zero-order valence-corrected chi connectivity index (χ0v) is 16.3. The minimum Gasteiger partial charge on any atom is -0.332 e. The molecule has 2 saturated heterocycles. The Morgan fingerprint density at radius 2 is 2.19 bits per heavy atom. The minimum atomic E-state index is -0.110. The Hall–Kier alpha value is -1.79. The lowest BCUT2D eigenvalue weighted by atomic mass is 9.79. The first-order valence-corrected chi connectivity index (χ1v) is 10.4. The van der Waals surface area contributed by atoms with Gasteiger partial charge in [-0.3, -0.25) is 14.8 Å². The summed E-state index contributed by atoms with van der Waals surface area (Å²) in [6.07, 6.45) is 9.20. The Kier molecular flexibility index (Phi) is 4.80. The summed E-state index contributed by atoms with van der Waals surface area (Å²) in [5.74, 6) is 0.117. The molecule has 4 heterocycles. The van der Waals surface area contributed by atoms with E-state index in [0.717, 1.165) is 42.9 Å². The summed E-state index contributed by atoms with van der Waals surface area (Å²) in [5.41, 5.74) is 3.14. The maximum atomic E-state index is 13.7. The SMILES string of the molecule is CN1CCC[C@@]2(C)[C@@H]1CCCCN2C(=O)c1cccnc1-c1cncs1. The van der Waals surface area contributed by atoms with E-state index < -0.39 is 0 Å². The van der Waals surface area contributed by atoms with Crippen molar-refractivity contribution in [3.8, 4) is 10.6 Å². The van der Waals surface area contributed by atoms with Crippen molar-refractivity contribution >= 4 is 17.2 Å². The Balaban J connectivity index is 1.74. The minimum absolute atomic E-state index is 0.110. The van der Waals surface area contributed by atoms with Crippen LogP contribution in [-0.2, 0) is 0 Å². The number of rotatable bonds is 2. The Morgan fingerprint density at radius 3 is 3.00 bits per heavy atom. The Bertz CT molecular complexity index is 778. The van der Waals surface area contributed by atoms with Gasteiger partial charge in [0.1, 0.15) is 0 Å². The maximum absolute atomic E-state index is 13.7. The molecule has 26 heavy (non-hydrogen) atoms. The molecule has 0 N–H and O–H groups in total. The van der Waals surface area contributed by atoms with E-state index in [1.165, 1.54) is 24.2 Å². The van der Waals surface area contributed by atoms with Gasteiger partial charge in [-0.05, 0) is 58.3 Å². The molecule has 0 aromatic carbocycles. The largest absolute Gasteiger partial charge is 0.332 e. The van der Waals surface area contributed by atoms with Gasteiger partial charge in [0.2, 0.25) is 0 Å². The number of likely N-dealkylation sites (N-methyl/N-ethyl adjacent to an activating group) is 1. The molecular weight excluding hydrogens is 344 g/mol. The van der Waals surface area contributed by atoms with Gasteiger partial charge in [-0.1, -0.05) is 6.42 Å². The third-order valence-corrected chi connectivity index (χ3v) is 6.90. The van der Waals surface area contributed by atoms with Crippen molar-refractivity contribution in [1.29, 1.82) is 0 Å². The molecule has 0 aliphatic carbocycles. The number of aromatic nitrogens is 2. The lowest BCUT2D eigenvalue weighted by Gasteiger charge is -2.51. The van der Waals surface area contributed by atoms with Gasteiger partial charge >= 0.3 is 0 Å². The number of pyridine rings is 1. The highest BCUT2D eigenvalue weighted by Crippen LogP contribution is 2.39.